The van der Waals surface area contributed by atoms with Gasteiger partial charge < -0.3 is 5.11 Å². The van der Waals surface area contributed by atoms with Crippen LogP contribution in [0.5, 0.6) is 0 Å². The third-order valence-corrected chi connectivity index (χ3v) is 2.19. The molecule has 0 spiro atoms. The van der Waals surface area contributed by atoms with Crippen molar-refractivity contribution < 1.29 is 5.11 Å². The molecule has 1 atom stereocenters. The molecule has 0 saturated heterocycles. The van der Waals surface area contributed by atoms with Gasteiger partial charge in [0.2, 0.25) is 0 Å². The molecule has 66 valence electrons. The summed E-state index contributed by atoms with van der Waals surface area (Å²) in [5, 5.41) is 9.37. The molecule has 0 fully saturated rings. The van der Waals surface area contributed by atoms with Crippen LogP contribution in [0.15, 0.2) is 18.2 Å². The number of aliphatic hydroxyl groups excluding tert-OH is 1. The summed E-state index contributed by atoms with van der Waals surface area (Å²) in [6, 6.07) is 6.23. The maximum absolute atomic E-state index is 9.37. The van der Waals surface area contributed by atoms with Crippen LogP contribution in [0.4, 0.5) is 0 Å². The Hall–Kier alpha value is -0.820. The van der Waals surface area contributed by atoms with Crippen molar-refractivity contribution in [2.45, 2.75) is 33.3 Å². The summed E-state index contributed by atoms with van der Waals surface area (Å²) in [6.45, 7) is 5.98. The molecule has 0 heterocycles. The third-order valence-electron chi connectivity index (χ3n) is 2.19. The number of benzene rings is 1. The van der Waals surface area contributed by atoms with E-state index in [-0.39, 0.29) is 6.10 Å². The lowest BCUT2D eigenvalue weighted by molar-refractivity contribution is 0.198. The molecule has 1 N–H and O–H groups in total. The van der Waals surface area contributed by atoms with Gasteiger partial charge in [0.25, 0.3) is 0 Å². The van der Waals surface area contributed by atoms with Gasteiger partial charge in [0.05, 0.1) is 6.10 Å². The molecular weight excluding hydrogens is 148 g/mol. The van der Waals surface area contributed by atoms with Crippen LogP contribution in [-0.2, 0) is 6.42 Å². The fraction of sp³-hybridized carbons (Fsp3) is 0.455. The average molecular weight is 164 g/mol. The molecule has 0 aliphatic rings. The number of rotatable bonds is 2. The van der Waals surface area contributed by atoms with Crippen molar-refractivity contribution in [3.8, 4) is 0 Å². The average Bonchev–Trinajstić information content (AvgIpc) is 2.03. The lowest BCUT2D eigenvalue weighted by Gasteiger charge is -2.09. The van der Waals surface area contributed by atoms with Gasteiger partial charge in [0.1, 0.15) is 0 Å². The van der Waals surface area contributed by atoms with Crippen molar-refractivity contribution in [1.82, 2.24) is 0 Å². The molecule has 1 aromatic rings. The Bertz CT molecular complexity index is 264. The van der Waals surface area contributed by atoms with Gasteiger partial charge in [-0.15, -0.1) is 0 Å². The fourth-order valence-electron chi connectivity index (χ4n) is 1.43. The Labute approximate surface area is 74.1 Å². The highest BCUT2D eigenvalue weighted by atomic mass is 16.3. The highest BCUT2D eigenvalue weighted by Crippen LogP contribution is 2.18. The Morgan fingerprint density at radius 3 is 2.50 bits per heavy atom. The van der Waals surface area contributed by atoms with Crippen LogP contribution in [0.3, 0.4) is 0 Å². The normalized spacial score (nSPS) is 13.0. The van der Waals surface area contributed by atoms with Gasteiger partial charge in [-0.25, -0.2) is 0 Å². The number of hydrogen-bond donors (Lipinski definition) is 1. The van der Waals surface area contributed by atoms with E-state index in [0.29, 0.717) is 0 Å². The lowest BCUT2D eigenvalue weighted by atomic mass is 10.0. The van der Waals surface area contributed by atoms with Gasteiger partial charge >= 0.3 is 0 Å². The molecule has 0 bridgehead atoms. The highest BCUT2D eigenvalue weighted by molar-refractivity contribution is 5.32. The smallest absolute Gasteiger partial charge is 0.0764 e. The van der Waals surface area contributed by atoms with Crippen molar-refractivity contribution in [3.05, 3.63) is 34.9 Å². The van der Waals surface area contributed by atoms with Crippen molar-refractivity contribution in [1.29, 1.82) is 0 Å². The first-order valence-corrected chi connectivity index (χ1v) is 4.42. The molecule has 12 heavy (non-hydrogen) atoms. The second-order valence-electron chi connectivity index (χ2n) is 3.22. The molecule has 0 radical (unpaired) electrons. The topological polar surface area (TPSA) is 20.2 Å². The van der Waals surface area contributed by atoms with Gasteiger partial charge in [0, 0.05) is 0 Å². The van der Waals surface area contributed by atoms with E-state index in [0.717, 1.165) is 12.0 Å². The Balaban J connectivity index is 3.03. The zero-order chi connectivity index (χ0) is 9.14. The molecule has 0 saturated carbocycles. The minimum Gasteiger partial charge on any atom is -0.389 e. The zero-order valence-corrected chi connectivity index (χ0v) is 7.96. The number of aliphatic hydroxyl groups is 1. The van der Waals surface area contributed by atoms with E-state index in [2.05, 4.69) is 19.1 Å². The number of hydrogen-bond acceptors (Lipinski definition) is 1. The molecule has 1 aromatic carbocycles. The van der Waals surface area contributed by atoms with Crippen LogP contribution in [-0.4, -0.2) is 5.11 Å². The molecule has 1 rings (SSSR count). The second kappa shape index (κ2) is 3.72. The van der Waals surface area contributed by atoms with Crippen LogP contribution in [0, 0.1) is 6.92 Å². The van der Waals surface area contributed by atoms with Crippen molar-refractivity contribution in [3.63, 3.8) is 0 Å². The monoisotopic (exact) mass is 164 g/mol. The minimum absolute atomic E-state index is 0.351. The Kier molecular flexibility index (Phi) is 2.88. The maximum atomic E-state index is 9.37. The molecule has 0 aliphatic heterocycles. The quantitative estimate of drug-likeness (QED) is 0.712. The van der Waals surface area contributed by atoms with Gasteiger partial charge in [0.15, 0.2) is 0 Å². The van der Waals surface area contributed by atoms with Gasteiger partial charge in [-0.1, -0.05) is 25.1 Å². The number of aryl methyl sites for hydroxylation is 2. The van der Waals surface area contributed by atoms with E-state index in [4.69, 9.17) is 0 Å². The predicted molar refractivity (Wildman–Crippen MR) is 51.2 cm³/mol. The van der Waals surface area contributed by atoms with Gasteiger partial charge in [-0.3, -0.25) is 0 Å². The SMILES string of the molecule is CCc1ccc(C(C)O)c(C)c1. The molecule has 0 amide bonds. The first-order valence-electron chi connectivity index (χ1n) is 4.42. The highest BCUT2D eigenvalue weighted by Gasteiger charge is 2.03. The minimum atomic E-state index is -0.351. The van der Waals surface area contributed by atoms with Gasteiger partial charge in [-0.2, -0.15) is 0 Å². The van der Waals surface area contributed by atoms with E-state index in [1.54, 1.807) is 6.92 Å². The summed E-state index contributed by atoms with van der Waals surface area (Å²) in [4.78, 5) is 0. The van der Waals surface area contributed by atoms with Crippen LogP contribution in [0.2, 0.25) is 0 Å². The summed E-state index contributed by atoms with van der Waals surface area (Å²) in [5.41, 5.74) is 3.55. The molecular formula is C11H16O. The first kappa shape index (κ1) is 9.27. The fourth-order valence-corrected chi connectivity index (χ4v) is 1.43. The second-order valence-corrected chi connectivity index (χ2v) is 3.22. The molecule has 0 aromatic heterocycles. The van der Waals surface area contributed by atoms with E-state index >= 15 is 0 Å². The summed E-state index contributed by atoms with van der Waals surface area (Å²) < 4.78 is 0. The third kappa shape index (κ3) is 1.86. The van der Waals surface area contributed by atoms with Crippen molar-refractivity contribution in [2.75, 3.05) is 0 Å². The standard InChI is InChI=1S/C11H16O/c1-4-10-5-6-11(9(3)12)8(2)7-10/h5-7,9,12H,4H2,1-3H3. The van der Waals surface area contributed by atoms with Crippen LogP contribution < -0.4 is 0 Å². The van der Waals surface area contributed by atoms with Crippen LogP contribution in [0.25, 0.3) is 0 Å². The lowest BCUT2D eigenvalue weighted by Crippen LogP contribution is -1.95. The molecule has 1 unspecified atom stereocenters. The largest absolute Gasteiger partial charge is 0.389 e. The van der Waals surface area contributed by atoms with Crippen LogP contribution in [0.1, 0.15) is 36.6 Å². The van der Waals surface area contributed by atoms with Gasteiger partial charge in [-0.05, 0) is 37.0 Å². The van der Waals surface area contributed by atoms with E-state index in [9.17, 15) is 5.11 Å². The zero-order valence-electron chi connectivity index (χ0n) is 7.96. The van der Waals surface area contributed by atoms with Crippen molar-refractivity contribution >= 4 is 0 Å². The summed E-state index contributed by atoms with van der Waals surface area (Å²) in [5.74, 6) is 0. The van der Waals surface area contributed by atoms with Crippen molar-refractivity contribution in [2.24, 2.45) is 0 Å². The predicted octanol–water partition coefficient (Wildman–Crippen LogP) is 2.61. The van der Waals surface area contributed by atoms with Crippen LogP contribution >= 0.6 is 0 Å². The van der Waals surface area contributed by atoms with E-state index < -0.39 is 0 Å². The van der Waals surface area contributed by atoms with E-state index in [1.807, 2.05) is 13.0 Å². The van der Waals surface area contributed by atoms with E-state index in [1.165, 1.54) is 11.1 Å². The molecule has 1 heteroatoms. The first-order chi connectivity index (χ1) is 5.65. The summed E-state index contributed by atoms with van der Waals surface area (Å²) >= 11 is 0. The molecule has 1 nitrogen and oxygen atoms in total. The Morgan fingerprint density at radius 1 is 1.42 bits per heavy atom. The molecule has 0 aliphatic carbocycles. The summed E-state index contributed by atoms with van der Waals surface area (Å²) in [7, 11) is 0. The Morgan fingerprint density at radius 2 is 2.08 bits per heavy atom. The summed E-state index contributed by atoms with van der Waals surface area (Å²) in [6.07, 6.45) is 0.705. The maximum Gasteiger partial charge on any atom is 0.0764 e.